The number of halogens is 2. The van der Waals surface area contributed by atoms with Crippen LogP contribution in [-0.2, 0) is 0 Å². The first kappa shape index (κ1) is 12.7. The molecule has 2 aromatic rings. The van der Waals surface area contributed by atoms with Crippen LogP contribution in [0.1, 0.15) is 28.4 Å². The third-order valence-corrected chi connectivity index (χ3v) is 3.82. The Balaban J connectivity index is 2.48. The number of hydrogen-bond donors (Lipinski definition) is 1. The summed E-state index contributed by atoms with van der Waals surface area (Å²) in [6, 6.07) is 5.49. The third-order valence-electron chi connectivity index (χ3n) is 2.85. The molecule has 1 aromatic carbocycles. The van der Waals surface area contributed by atoms with E-state index in [2.05, 4.69) is 15.9 Å². The largest absolute Gasteiger partial charge is 0.457 e. The van der Waals surface area contributed by atoms with E-state index in [-0.39, 0.29) is 0 Å². The van der Waals surface area contributed by atoms with Crippen molar-refractivity contribution in [1.29, 1.82) is 0 Å². The van der Waals surface area contributed by atoms with Crippen molar-refractivity contribution in [3.8, 4) is 0 Å². The predicted octanol–water partition coefficient (Wildman–Crippen LogP) is 4.39. The summed E-state index contributed by atoms with van der Waals surface area (Å²) in [5.74, 6) is 0. The lowest BCUT2D eigenvalue weighted by Gasteiger charge is -2.14. The molecule has 0 saturated carbocycles. The van der Waals surface area contributed by atoms with Crippen LogP contribution in [0.2, 0.25) is 5.02 Å². The van der Waals surface area contributed by atoms with E-state index in [1.807, 2.05) is 26.0 Å². The van der Waals surface area contributed by atoms with Gasteiger partial charge in [-0.1, -0.05) is 17.7 Å². The fourth-order valence-corrected chi connectivity index (χ4v) is 2.46. The first-order valence-corrected chi connectivity index (χ1v) is 6.35. The minimum Gasteiger partial charge on any atom is -0.457 e. The van der Waals surface area contributed by atoms with Crippen LogP contribution in [0.5, 0.6) is 0 Å². The lowest BCUT2D eigenvalue weighted by atomic mass is 9.99. The van der Waals surface area contributed by atoms with E-state index in [1.165, 1.54) is 6.26 Å². The minimum atomic E-state index is -0.782. The molecule has 0 saturated heterocycles. The first-order valence-electron chi connectivity index (χ1n) is 5.18. The van der Waals surface area contributed by atoms with Crippen LogP contribution in [0.25, 0.3) is 0 Å². The molecule has 0 bridgehead atoms. The standard InChI is InChI=1S/C13H12BrClO2/c1-7-5-10(11(15)6-8(7)2)12(16)9-3-4-17-13(9)14/h3-6,12,16H,1-2H3. The SMILES string of the molecule is Cc1cc(Cl)c(C(O)c2ccoc2Br)cc1C. The average Bonchev–Trinajstić information content (AvgIpc) is 2.69. The molecule has 2 nitrogen and oxygen atoms in total. The fraction of sp³-hybridized carbons (Fsp3) is 0.231. The molecule has 4 heteroatoms. The zero-order chi connectivity index (χ0) is 12.6. The monoisotopic (exact) mass is 314 g/mol. The van der Waals surface area contributed by atoms with E-state index in [0.717, 1.165) is 11.1 Å². The van der Waals surface area contributed by atoms with Crippen molar-refractivity contribution in [3.05, 3.63) is 56.4 Å². The van der Waals surface area contributed by atoms with Gasteiger partial charge < -0.3 is 9.52 Å². The van der Waals surface area contributed by atoms with Gasteiger partial charge in [0.15, 0.2) is 4.67 Å². The number of aliphatic hydroxyl groups is 1. The topological polar surface area (TPSA) is 33.4 Å². The number of aliphatic hydroxyl groups excluding tert-OH is 1. The molecule has 90 valence electrons. The highest BCUT2D eigenvalue weighted by Crippen LogP contribution is 2.34. The molecule has 1 atom stereocenters. The Hall–Kier alpha value is -0.770. The summed E-state index contributed by atoms with van der Waals surface area (Å²) in [7, 11) is 0. The molecular formula is C13H12BrClO2. The molecule has 0 fully saturated rings. The van der Waals surface area contributed by atoms with Crippen LogP contribution in [0.3, 0.4) is 0 Å². The van der Waals surface area contributed by atoms with E-state index >= 15 is 0 Å². The van der Waals surface area contributed by atoms with Crippen molar-refractivity contribution in [2.45, 2.75) is 20.0 Å². The number of hydrogen-bond acceptors (Lipinski definition) is 2. The maximum atomic E-state index is 10.3. The Morgan fingerprint density at radius 2 is 1.88 bits per heavy atom. The number of aryl methyl sites for hydroxylation is 2. The van der Waals surface area contributed by atoms with E-state index in [9.17, 15) is 5.11 Å². The van der Waals surface area contributed by atoms with Crippen molar-refractivity contribution in [2.24, 2.45) is 0 Å². The predicted molar refractivity (Wildman–Crippen MR) is 71.4 cm³/mol. The lowest BCUT2D eigenvalue weighted by Crippen LogP contribution is -2.01. The second kappa shape index (κ2) is 4.84. The van der Waals surface area contributed by atoms with Gasteiger partial charge in [-0.05, 0) is 53.0 Å². The average molecular weight is 316 g/mol. The maximum Gasteiger partial charge on any atom is 0.175 e. The van der Waals surface area contributed by atoms with E-state index in [0.29, 0.717) is 20.8 Å². The van der Waals surface area contributed by atoms with Gasteiger partial charge in [-0.3, -0.25) is 0 Å². The first-order chi connectivity index (χ1) is 8.00. The summed E-state index contributed by atoms with van der Waals surface area (Å²) in [4.78, 5) is 0. The molecule has 0 spiro atoms. The summed E-state index contributed by atoms with van der Waals surface area (Å²) in [5, 5.41) is 10.8. The van der Waals surface area contributed by atoms with Crippen LogP contribution in [0, 0.1) is 13.8 Å². The van der Waals surface area contributed by atoms with Crippen LogP contribution >= 0.6 is 27.5 Å². The second-order valence-electron chi connectivity index (χ2n) is 4.01. The summed E-state index contributed by atoms with van der Waals surface area (Å²) >= 11 is 9.41. The summed E-state index contributed by atoms with van der Waals surface area (Å²) in [5.41, 5.74) is 3.58. The number of rotatable bonds is 2. The van der Waals surface area contributed by atoms with Crippen LogP contribution in [0.15, 0.2) is 33.5 Å². The molecule has 1 aromatic heterocycles. The van der Waals surface area contributed by atoms with Gasteiger partial charge in [0.25, 0.3) is 0 Å². The molecule has 2 rings (SSSR count). The zero-order valence-electron chi connectivity index (χ0n) is 9.50. The quantitative estimate of drug-likeness (QED) is 0.891. The molecule has 0 radical (unpaired) electrons. The Morgan fingerprint density at radius 3 is 2.47 bits per heavy atom. The highest BCUT2D eigenvalue weighted by molar-refractivity contribution is 9.10. The molecule has 1 unspecified atom stereocenters. The minimum absolute atomic E-state index is 0.527. The number of benzene rings is 1. The van der Waals surface area contributed by atoms with Crippen molar-refractivity contribution < 1.29 is 9.52 Å². The summed E-state index contributed by atoms with van der Waals surface area (Å²) < 4.78 is 5.64. The van der Waals surface area contributed by atoms with Crippen molar-refractivity contribution in [3.63, 3.8) is 0 Å². The second-order valence-corrected chi connectivity index (χ2v) is 5.14. The van der Waals surface area contributed by atoms with Gasteiger partial charge in [-0.25, -0.2) is 0 Å². The Bertz CT molecular complexity index is 548. The Kier molecular flexibility index (Phi) is 3.61. The van der Waals surface area contributed by atoms with E-state index in [4.69, 9.17) is 16.0 Å². The van der Waals surface area contributed by atoms with Gasteiger partial charge in [-0.15, -0.1) is 0 Å². The molecule has 0 aliphatic rings. The number of furan rings is 1. The van der Waals surface area contributed by atoms with Gasteiger partial charge in [-0.2, -0.15) is 0 Å². The third kappa shape index (κ3) is 2.41. The van der Waals surface area contributed by atoms with Crippen LogP contribution in [-0.4, -0.2) is 5.11 Å². The highest BCUT2D eigenvalue weighted by atomic mass is 79.9. The molecule has 0 amide bonds. The molecule has 1 heterocycles. The highest BCUT2D eigenvalue weighted by Gasteiger charge is 2.19. The van der Waals surface area contributed by atoms with E-state index < -0.39 is 6.10 Å². The van der Waals surface area contributed by atoms with Crippen molar-refractivity contribution in [1.82, 2.24) is 0 Å². The van der Waals surface area contributed by atoms with Crippen molar-refractivity contribution >= 4 is 27.5 Å². The molecular weight excluding hydrogens is 303 g/mol. The summed E-state index contributed by atoms with van der Waals surface area (Å²) in [6.45, 7) is 3.98. The normalized spacial score (nSPS) is 12.8. The lowest BCUT2D eigenvalue weighted by molar-refractivity contribution is 0.218. The molecule has 0 aliphatic carbocycles. The van der Waals surface area contributed by atoms with Gasteiger partial charge in [0.2, 0.25) is 0 Å². The van der Waals surface area contributed by atoms with Gasteiger partial charge >= 0.3 is 0 Å². The zero-order valence-corrected chi connectivity index (χ0v) is 11.8. The molecule has 1 N–H and O–H groups in total. The summed E-state index contributed by atoms with van der Waals surface area (Å²) in [6.07, 6.45) is 0.743. The van der Waals surface area contributed by atoms with Crippen molar-refractivity contribution in [2.75, 3.05) is 0 Å². The van der Waals surface area contributed by atoms with E-state index in [1.54, 1.807) is 6.07 Å². The van der Waals surface area contributed by atoms with Gasteiger partial charge in [0.1, 0.15) is 6.10 Å². The Morgan fingerprint density at radius 1 is 1.24 bits per heavy atom. The smallest absolute Gasteiger partial charge is 0.175 e. The van der Waals surface area contributed by atoms with Crippen LogP contribution < -0.4 is 0 Å². The molecule has 0 aliphatic heterocycles. The maximum absolute atomic E-state index is 10.3. The Labute approximate surface area is 113 Å². The fourth-order valence-electron chi connectivity index (χ4n) is 1.68. The van der Waals surface area contributed by atoms with Gasteiger partial charge in [0.05, 0.1) is 6.26 Å². The molecule has 17 heavy (non-hydrogen) atoms. The van der Waals surface area contributed by atoms with Gasteiger partial charge in [0, 0.05) is 16.1 Å². The van der Waals surface area contributed by atoms with Crippen LogP contribution in [0.4, 0.5) is 0 Å².